The molecule has 25 heavy (non-hydrogen) atoms. The molecule has 2 aromatic rings. The molecule has 1 aliphatic heterocycles. The second-order valence-corrected chi connectivity index (χ2v) is 7.10. The normalized spacial score (nSPS) is 15.0. The summed E-state index contributed by atoms with van der Waals surface area (Å²) in [4.78, 5) is 13.7. The highest BCUT2D eigenvalue weighted by Crippen LogP contribution is 2.21. The van der Waals surface area contributed by atoms with Crippen molar-refractivity contribution in [1.29, 1.82) is 0 Å². The fourth-order valence-electron chi connectivity index (χ4n) is 2.80. The molecule has 0 spiro atoms. The number of nitrogens with one attached hydrogen (secondary N) is 1. The summed E-state index contributed by atoms with van der Waals surface area (Å²) in [6, 6.07) is 15.9. The van der Waals surface area contributed by atoms with Crippen LogP contribution in [-0.4, -0.2) is 24.4 Å². The molecule has 0 aromatic heterocycles. The summed E-state index contributed by atoms with van der Waals surface area (Å²) in [5, 5.41) is 9.52. The lowest BCUT2D eigenvalue weighted by Crippen LogP contribution is -2.26. The first-order valence-electron chi connectivity index (χ1n) is 8.43. The quantitative estimate of drug-likeness (QED) is 0.806. The fourth-order valence-corrected chi connectivity index (χ4v) is 3.21. The molecule has 3 rings (SSSR count). The standard InChI is InChI=1S/C20H23N3OS/c1-14-12-13-23(22-14)18-8-4-17(5-9-18)20(24)21-15(2)16-6-10-19(25-3)11-7-16/h4-11,15H,12-13H2,1-3H3,(H,21,24)/t15-/m1/s1. The molecule has 0 unspecified atom stereocenters. The van der Waals surface area contributed by atoms with Gasteiger partial charge in [0, 0.05) is 29.1 Å². The second kappa shape index (κ2) is 7.74. The third-order valence-corrected chi connectivity index (χ3v) is 5.11. The van der Waals surface area contributed by atoms with Crippen molar-refractivity contribution in [3.8, 4) is 0 Å². The van der Waals surface area contributed by atoms with E-state index in [9.17, 15) is 4.79 Å². The van der Waals surface area contributed by atoms with Gasteiger partial charge in [-0.3, -0.25) is 9.80 Å². The Kier molecular flexibility index (Phi) is 5.43. The van der Waals surface area contributed by atoms with E-state index in [1.54, 1.807) is 11.8 Å². The Labute approximate surface area is 153 Å². The number of hydrazone groups is 1. The van der Waals surface area contributed by atoms with Crippen molar-refractivity contribution < 1.29 is 4.79 Å². The van der Waals surface area contributed by atoms with Crippen molar-refractivity contribution >= 4 is 29.1 Å². The Morgan fingerprint density at radius 3 is 2.40 bits per heavy atom. The van der Waals surface area contributed by atoms with Crippen LogP contribution in [0.25, 0.3) is 0 Å². The maximum Gasteiger partial charge on any atom is 0.251 e. The molecule has 0 bridgehead atoms. The SMILES string of the molecule is CSc1ccc([C@@H](C)NC(=O)c2ccc(N3CCC(C)=N3)cc2)cc1. The van der Waals surface area contributed by atoms with Crippen LogP contribution in [-0.2, 0) is 0 Å². The Hall–Kier alpha value is -2.27. The monoisotopic (exact) mass is 353 g/mol. The predicted octanol–water partition coefficient (Wildman–Crippen LogP) is 4.49. The number of thioether (sulfide) groups is 1. The van der Waals surface area contributed by atoms with Gasteiger partial charge in [0.15, 0.2) is 0 Å². The van der Waals surface area contributed by atoms with Crippen molar-refractivity contribution in [2.24, 2.45) is 5.10 Å². The predicted molar refractivity (Wildman–Crippen MR) is 106 cm³/mol. The average molecular weight is 353 g/mol. The molecule has 0 fully saturated rings. The molecule has 1 aliphatic rings. The lowest BCUT2D eigenvalue weighted by atomic mass is 10.1. The van der Waals surface area contributed by atoms with Crippen LogP contribution in [0.3, 0.4) is 0 Å². The Morgan fingerprint density at radius 1 is 1.16 bits per heavy atom. The van der Waals surface area contributed by atoms with E-state index in [0.717, 1.165) is 29.9 Å². The molecule has 0 aliphatic carbocycles. The van der Waals surface area contributed by atoms with Crippen molar-refractivity contribution in [1.82, 2.24) is 5.32 Å². The van der Waals surface area contributed by atoms with Crippen LogP contribution in [0.4, 0.5) is 5.69 Å². The van der Waals surface area contributed by atoms with E-state index in [1.165, 1.54) is 4.90 Å². The van der Waals surface area contributed by atoms with Crippen LogP contribution in [0.2, 0.25) is 0 Å². The van der Waals surface area contributed by atoms with E-state index in [1.807, 2.05) is 43.1 Å². The van der Waals surface area contributed by atoms with Gasteiger partial charge in [0.1, 0.15) is 0 Å². The molecule has 5 heteroatoms. The highest BCUT2D eigenvalue weighted by molar-refractivity contribution is 7.98. The second-order valence-electron chi connectivity index (χ2n) is 6.22. The van der Waals surface area contributed by atoms with Gasteiger partial charge < -0.3 is 5.32 Å². The van der Waals surface area contributed by atoms with Gasteiger partial charge in [0.25, 0.3) is 5.91 Å². The summed E-state index contributed by atoms with van der Waals surface area (Å²) in [6.45, 7) is 4.94. The summed E-state index contributed by atoms with van der Waals surface area (Å²) in [6.07, 6.45) is 3.05. The smallest absolute Gasteiger partial charge is 0.251 e. The largest absolute Gasteiger partial charge is 0.346 e. The third kappa shape index (κ3) is 4.23. The number of hydrogen-bond acceptors (Lipinski definition) is 4. The lowest BCUT2D eigenvalue weighted by molar-refractivity contribution is 0.0940. The lowest BCUT2D eigenvalue weighted by Gasteiger charge is -2.16. The van der Waals surface area contributed by atoms with Gasteiger partial charge in [0.05, 0.1) is 11.7 Å². The first-order chi connectivity index (χ1) is 12.1. The number of rotatable bonds is 5. The van der Waals surface area contributed by atoms with Crippen molar-refractivity contribution in [2.75, 3.05) is 17.8 Å². The number of anilines is 1. The summed E-state index contributed by atoms with van der Waals surface area (Å²) >= 11 is 1.71. The number of hydrogen-bond donors (Lipinski definition) is 1. The molecule has 130 valence electrons. The van der Waals surface area contributed by atoms with E-state index in [0.29, 0.717) is 5.56 Å². The molecule has 0 saturated heterocycles. The number of benzene rings is 2. The Balaban J connectivity index is 1.64. The van der Waals surface area contributed by atoms with Gasteiger partial charge in [-0.15, -0.1) is 11.8 Å². The topological polar surface area (TPSA) is 44.7 Å². The van der Waals surface area contributed by atoms with Crippen LogP contribution in [0.15, 0.2) is 58.5 Å². The van der Waals surface area contributed by atoms with Crippen molar-refractivity contribution in [2.45, 2.75) is 31.2 Å². The van der Waals surface area contributed by atoms with Crippen LogP contribution in [0.5, 0.6) is 0 Å². The molecular formula is C20H23N3OS. The zero-order valence-electron chi connectivity index (χ0n) is 14.8. The van der Waals surface area contributed by atoms with E-state index in [2.05, 4.69) is 40.9 Å². The molecule has 1 heterocycles. The number of amides is 1. The number of carbonyl (C=O) groups is 1. The Bertz CT molecular complexity index is 769. The molecule has 1 atom stereocenters. The fraction of sp³-hybridized carbons (Fsp3) is 0.300. The Morgan fingerprint density at radius 2 is 1.84 bits per heavy atom. The van der Waals surface area contributed by atoms with E-state index in [-0.39, 0.29) is 11.9 Å². The average Bonchev–Trinajstić information content (AvgIpc) is 3.08. The maximum absolute atomic E-state index is 12.5. The molecule has 4 nitrogen and oxygen atoms in total. The van der Waals surface area contributed by atoms with Crippen molar-refractivity contribution in [3.63, 3.8) is 0 Å². The first kappa shape index (κ1) is 17.5. The minimum absolute atomic E-state index is 0.0334. The van der Waals surface area contributed by atoms with E-state index < -0.39 is 0 Å². The van der Waals surface area contributed by atoms with Crippen LogP contribution >= 0.6 is 11.8 Å². The molecule has 1 N–H and O–H groups in total. The molecule has 0 saturated carbocycles. The van der Waals surface area contributed by atoms with Crippen molar-refractivity contribution in [3.05, 3.63) is 59.7 Å². The summed E-state index contributed by atoms with van der Waals surface area (Å²) in [7, 11) is 0. The van der Waals surface area contributed by atoms with Crippen LogP contribution in [0.1, 0.15) is 42.2 Å². The highest BCUT2D eigenvalue weighted by Gasteiger charge is 2.15. The van der Waals surface area contributed by atoms with Gasteiger partial charge >= 0.3 is 0 Å². The molecule has 2 aromatic carbocycles. The molecule has 1 amide bonds. The molecule has 0 radical (unpaired) electrons. The zero-order chi connectivity index (χ0) is 17.8. The van der Waals surface area contributed by atoms with Gasteiger partial charge in [0.2, 0.25) is 0 Å². The van der Waals surface area contributed by atoms with Gasteiger partial charge in [-0.05, 0) is 62.1 Å². The van der Waals surface area contributed by atoms with Crippen LogP contribution < -0.4 is 10.3 Å². The highest BCUT2D eigenvalue weighted by atomic mass is 32.2. The first-order valence-corrected chi connectivity index (χ1v) is 9.66. The van der Waals surface area contributed by atoms with Crippen LogP contribution in [0, 0.1) is 0 Å². The number of carbonyl (C=O) groups excluding carboxylic acids is 1. The van der Waals surface area contributed by atoms with E-state index in [4.69, 9.17) is 0 Å². The molecular weight excluding hydrogens is 330 g/mol. The zero-order valence-corrected chi connectivity index (χ0v) is 15.6. The summed E-state index contributed by atoms with van der Waals surface area (Å²) in [5.74, 6) is -0.0610. The third-order valence-electron chi connectivity index (χ3n) is 4.37. The van der Waals surface area contributed by atoms with Gasteiger partial charge in [-0.25, -0.2) is 0 Å². The minimum atomic E-state index is -0.0610. The summed E-state index contributed by atoms with van der Waals surface area (Å²) < 4.78 is 0. The number of nitrogens with zero attached hydrogens (tertiary/aromatic N) is 2. The van der Waals surface area contributed by atoms with Gasteiger partial charge in [-0.2, -0.15) is 5.10 Å². The summed E-state index contributed by atoms with van der Waals surface area (Å²) in [5.41, 5.74) is 3.93. The van der Waals surface area contributed by atoms with E-state index >= 15 is 0 Å². The van der Waals surface area contributed by atoms with Gasteiger partial charge in [-0.1, -0.05) is 12.1 Å². The maximum atomic E-state index is 12.5. The minimum Gasteiger partial charge on any atom is -0.346 e.